The van der Waals surface area contributed by atoms with Gasteiger partial charge in [0.05, 0.1) is 12.2 Å². The minimum Gasteiger partial charge on any atom is -0.388 e. The van der Waals surface area contributed by atoms with Crippen LogP contribution in [0.2, 0.25) is 0 Å². The van der Waals surface area contributed by atoms with Crippen LogP contribution < -0.4 is 10.6 Å². The van der Waals surface area contributed by atoms with Crippen molar-refractivity contribution in [2.75, 3.05) is 19.0 Å². The molecule has 3 N–H and O–H groups in total. The number of urea groups is 1. The van der Waals surface area contributed by atoms with Crippen molar-refractivity contribution in [1.29, 1.82) is 0 Å². The van der Waals surface area contributed by atoms with Crippen molar-refractivity contribution in [3.63, 3.8) is 0 Å². The molecule has 1 aromatic carbocycles. The van der Waals surface area contributed by atoms with E-state index in [2.05, 4.69) is 26.6 Å². The quantitative estimate of drug-likeness (QED) is 0.743. The molecule has 112 valence electrons. The van der Waals surface area contributed by atoms with Crippen LogP contribution in [0.25, 0.3) is 0 Å². The topological polar surface area (TPSA) is 70.6 Å². The molecule has 20 heavy (non-hydrogen) atoms. The predicted octanol–water partition coefficient (Wildman–Crippen LogP) is 2.88. The van der Waals surface area contributed by atoms with E-state index in [9.17, 15) is 9.90 Å². The van der Waals surface area contributed by atoms with E-state index in [0.717, 1.165) is 10.0 Å². The second-order valence-corrected chi connectivity index (χ2v) is 5.71. The Bertz CT molecular complexity index is 464. The number of ether oxygens (including phenoxy) is 1. The number of carbonyl (C=O) groups excluding carboxylic acids is 1. The molecule has 0 bridgehead atoms. The molecule has 2 amide bonds. The van der Waals surface area contributed by atoms with E-state index in [0.29, 0.717) is 18.7 Å². The zero-order valence-corrected chi connectivity index (χ0v) is 13.6. The van der Waals surface area contributed by atoms with Gasteiger partial charge in [0.1, 0.15) is 0 Å². The van der Waals surface area contributed by atoms with Gasteiger partial charge in [-0.3, -0.25) is 0 Å². The zero-order chi connectivity index (χ0) is 15.2. The highest BCUT2D eigenvalue weighted by molar-refractivity contribution is 9.10. The Morgan fingerprint density at radius 1 is 1.50 bits per heavy atom. The fourth-order valence-corrected chi connectivity index (χ4v) is 2.01. The first-order valence-electron chi connectivity index (χ1n) is 6.43. The second-order valence-electron chi connectivity index (χ2n) is 4.86. The van der Waals surface area contributed by atoms with Crippen LogP contribution in [0.5, 0.6) is 0 Å². The van der Waals surface area contributed by atoms with Gasteiger partial charge in [0.2, 0.25) is 0 Å². The molecule has 0 radical (unpaired) electrons. The van der Waals surface area contributed by atoms with Gasteiger partial charge in [-0.25, -0.2) is 4.79 Å². The summed E-state index contributed by atoms with van der Waals surface area (Å²) in [6.07, 6.45) is 0.569. The summed E-state index contributed by atoms with van der Waals surface area (Å²) in [6.45, 7) is 4.14. The van der Waals surface area contributed by atoms with Crippen molar-refractivity contribution in [3.05, 3.63) is 28.2 Å². The fraction of sp³-hybridized carbons (Fsp3) is 0.500. The maximum atomic E-state index is 11.9. The molecular formula is C14H21BrN2O3. The summed E-state index contributed by atoms with van der Waals surface area (Å²) >= 11 is 3.43. The number of nitrogens with one attached hydrogen (secondary N) is 2. The normalized spacial score (nSPS) is 13.7. The SMILES string of the molecule is CCC(C)(O)CNC(=O)Nc1cccc(Br)c1COC. The minimum absolute atomic E-state index is 0.197. The van der Waals surface area contributed by atoms with Gasteiger partial charge >= 0.3 is 6.03 Å². The Morgan fingerprint density at radius 2 is 2.20 bits per heavy atom. The molecule has 1 unspecified atom stereocenters. The lowest BCUT2D eigenvalue weighted by molar-refractivity contribution is 0.0587. The number of carbonyl (C=O) groups is 1. The highest BCUT2D eigenvalue weighted by Gasteiger charge is 2.18. The van der Waals surface area contributed by atoms with Crippen molar-refractivity contribution < 1.29 is 14.6 Å². The van der Waals surface area contributed by atoms with E-state index in [4.69, 9.17) is 4.74 Å². The fourth-order valence-electron chi connectivity index (χ4n) is 1.53. The van der Waals surface area contributed by atoms with Crippen LogP contribution in [0, 0.1) is 0 Å². The smallest absolute Gasteiger partial charge is 0.319 e. The Kier molecular flexibility index (Phi) is 6.45. The molecule has 1 rings (SSSR count). The number of anilines is 1. The zero-order valence-electron chi connectivity index (χ0n) is 12.0. The lowest BCUT2D eigenvalue weighted by Crippen LogP contribution is -2.41. The van der Waals surface area contributed by atoms with Crippen LogP contribution in [0.1, 0.15) is 25.8 Å². The van der Waals surface area contributed by atoms with Crippen molar-refractivity contribution in [1.82, 2.24) is 5.32 Å². The molecule has 0 aromatic heterocycles. The summed E-state index contributed by atoms with van der Waals surface area (Å²) in [4.78, 5) is 11.9. The third kappa shape index (κ3) is 5.11. The second kappa shape index (κ2) is 7.61. The van der Waals surface area contributed by atoms with E-state index >= 15 is 0 Å². The summed E-state index contributed by atoms with van der Waals surface area (Å²) in [5.74, 6) is 0. The molecule has 0 spiro atoms. The van der Waals surface area contributed by atoms with E-state index in [1.807, 2.05) is 19.1 Å². The minimum atomic E-state index is -0.899. The largest absolute Gasteiger partial charge is 0.388 e. The van der Waals surface area contributed by atoms with E-state index in [1.54, 1.807) is 20.1 Å². The molecule has 0 aliphatic rings. The van der Waals surface area contributed by atoms with Gasteiger partial charge in [-0.15, -0.1) is 0 Å². The first-order valence-corrected chi connectivity index (χ1v) is 7.22. The molecule has 0 heterocycles. The molecule has 0 fully saturated rings. The molecule has 1 atom stereocenters. The number of methoxy groups -OCH3 is 1. The van der Waals surface area contributed by atoms with Gasteiger partial charge in [0, 0.05) is 29.4 Å². The van der Waals surface area contributed by atoms with Gasteiger partial charge in [-0.1, -0.05) is 28.9 Å². The summed E-state index contributed by atoms with van der Waals surface area (Å²) in [5, 5.41) is 15.3. The van der Waals surface area contributed by atoms with Crippen LogP contribution in [-0.4, -0.2) is 30.4 Å². The summed E-state index contributed by atoms with van der Waals surface area (Å²) in [7, 11) is 1.60. The number of hydrogen-bond donors (Lipinski definition) is 3. The summed E-state index contributed by atoms with van der Waals surface area (Å²) in [6, 6.07) is 5.17. The number of amides is 2. The average Bonchev–Trinajstić information content (AvgIpc) is 2.41. The van der Waals surface area contributed by atoms with E-state index in [-0.39, 0.29) is 12.6 Å². The summed E-state index contributed by atoms with van der Waals surface area (Å²) < 4.78 is 5.99. The molecule has 5 nitrogen and oxygen atoms in total. The van der Waals surface area contributed by atoms with Crippen molar-refractivity contribution in [3.8, 4) is 0 Å². The molecule has 0 saturated carbocycles. The lowest BCUT2D eigenvalue weighted by atomic mass is 10.0. The molecular weight excluding hydrogens is 324 g/mol. The van der Waals surface area contributed by atoms with Crippen LogP contribution in [0.4, 0.5) is 10.5 Å². The summed E-state index contributed by atoms with van der Waals surface area (Å²) in [5.41, 5.74) is 0.645. The average molecular weight is 345 g/mol. The van der Waals surface area contributed by atoms with Crippen molar-refractivity contribution in [2.45, 2.75) is 32.5 Å². The number of benzene rings is 1. The predicted molar refractivity (Wildman–Crippen MR) is 82.8 cm³/mol. The number of aliphatic hydroxyl groups is 1. The molecule has 0 aliphatic carbocycles. The maximum absolute atomic E-state index is 11.9. The van der Waals surface area contributed by atoms with Gasteiger partial charge in [0.15, 0.2) is 0 Å². The highest BCUT2D eigenvalue weighted by Crippen LogP contribution is 2.25. The highest BCUT2D eigenvalue weighted by atomic mass is 79.9. The molecule has 0 saturated heterocycles. The van der Waals surface area contributed by atoms with Gasteiger partial charge in [0.25, 0.3) is 0 Å². The van der Waals surface area contributed by atoms with Crippen LogP contribution in [0.15, 0.2) is 22.7 Å². The van der Waals surface area contributed by atoms with Crippen LogP contribution >= 0.6 is 15.9 Å². The molecule has 0 aliphatic heterocycles. The maximum Gasteiger partial charge on any atom is 0.319 e. The van der Waals surface area contributed by atoms with Crippen LogP contribution in [-0.2, 0) is 11.3 Å². The van der Waals surface area contributed by atoms with Crippen LogP contribution in [0.3, 0.4) is 0 Å². The number of rotatable bonds is 6. The number of hydrogen-bond acceptors (Lipinski definition) is 3. The van der Waals surface area contributed by atoms with Gasteiger partial charge in [-0.2, -0.15) is 0 Å². The van der Waals surface area contributed by atoms with Crippen molar-refractivity contribution in [2.24, 2.45) is 0 Å². The van der Waals surface area contributed by atoms with E-state index in [1.165, 1.54) is 0 Å². The Morgan fingerprint density at radius 3 is 2.80 bits per heavy atom. The third-order valence-corrected chi connectivity index (χ3v) is 3.79. The number of halogens is 1. The van der Waals surface area contributed by atoms with E-state index < -0.39 is 5.60 Å². The molecule has 6 heteroatoms. The Balaban J connectivity index is 2.69. The first kappa shape index (κ1) is 16.9. The van der Waals surface area contributed by atoms with Crippen molar-refractivity contribution >= 4 is 27.6 Å². The Labute approximate surface area is 127 Å². The first-order chi connectivity index (χ1) is 9.39. The molecule has 1 aromatic rings. The standard InChI is InChI=1S/C14H21BrN2O3/c1-4-14(2,19)9-16-13(18)17-12-7-5-6-11(15)10(12)8-20-3/h5-7,19H,4,8-9H2,1-3H3,(H2,16,17,18). The van der Waals surface area contributed by atoms with Gasteiger partial charge < -0.3 is 20.5 Å². The lowest BCUT2D eigenvalue weighted by Gasteiger charge is -2.22. The third-order valence-electron chi connectivity index (χ3n) is 3.05. The van der Waals surface area contributed by atoms with Gasteiger partial charge in [-0.05, 0) is 25.5 Å². The Hall–Kier alpha value is -1.11. The monoisotopic (exact) mass is 344 g/mol.